The second-order valence-electron chi connectivity index (χ2n) is 5.35. The molecule has 1 fully saturated rings. The third-order valence-corrected chi connectivity index (χ3v) is 4.64. The average molecular weight is 342 g/mol. The van der Waals surface area contributed by atoms with E-state index in [0.717, 1.165) is 37.2 Å². The molecule has 0 N–H and O–H groups in total. The Labute approximate surface area is 127 Å². The number of halogens is 1. The largest absolute Gasteiger partial charge is 0.371 e. The van der Waals surface area contributed by atoms with Crippen molar-refractivity contribution in [3.63, 3.8) is 0 Å². The van der Waals surface area contributed by atoms with Gasteiger partial charge in [-0.25, -0.2) is 0 Å². The van der Waals surface area contributed by atoms with Gasteiger partial charge in [0.2, 0.25) is 0 Å². The van der Waals surface area contributed by atoms with Gasteiger partial charge in [0.05, 0.1) is 4.92 Å². The molecule has 5 nitrogen and oxygen atoms in total. The molecule has 0 atom stereocenters. The van der Waals surface area contributed by atoms with Crippen LogP contribution >= 0.6 is 15.9 Å². The molecule has 0 amide bonds. The van der Waals surface area contributed by atoms with E-state index in [9.17, 15) is 10.1 Å². The van der Waals surface area contributed by atoms with Crippen molar-refractivity contribution < 1.29 is 4.92 Å². The summed E-state index contributed by atoms with van der Waals surface area (Å²) in [6.45, 7) is 2.21. The van der Waals surface area contributed by atoms with Crippen molar-refractivity contribution in [1.82, 2.24) is 4.90 Å². The summed E-state index contributed by atoms with van der Waals surface area (Å²) in [6.07, 6.45) is 2.26. The van der Waals surface area contributed by atoms with E-state index in [2.05, 4.69) is 39.8 Å². The Kier molecular flexibility index (Phi) is 4.99. The average Bonchev–Trinajstić information content (AvgIpc) is 2.46. The van der Waals surface area contributed by atoms with Crippen LogP contribution in [0.3, 0.4) is 0 Å². The van der Waals surface area contributed by atoms with Gasteiger partial charge in [0.1, 0.15) is 0 Å². The normalized spacial score (nSPS) is 17.1. The molecule has 110 valence electrons. The second-order valence-corrected chi connectivity index (χ2v) is 5.91. The van der Waals surface area contributed by atoms with Crippen LogP contribution in [0.2, 0.25) is 0 Å². The molecule has 6 heteroatoms. The minimum atomic E-state index is -0.342. The number of hydrogen-bond donors (Lipinski definition) is 0. The number of benzene rings is 1. The summed E-state index contributed by atoms with van der Waals surface area (Å²) < 4.78 is 0. The standard InChI is InChI=1S/C14H20BrN3O2/c1-16-7-5-12(6-8-16)17(2)14-4-3-13(18(19)20)9-11(14)10-15/h3-4,9,12H,5-8,10H2,1-2H3. The summed E-state index contributed by atoms with van der Waals surface area (Å²) in [6, 6.07) is 5.63. The third-order valence-electron chi connectivity index (χ3n) is 4.03. The number of piperidine rings is 1. The van der Waals surface area contributed by atoms with Crippen LogP contribution in [-0.4, -0.2) is 43.0 Å². The van der Waals surface area contributed by atoms with Gasteiger partial charge >= 0.3 is 0 Å². The summed E-state index contributed by atoms with van der Waals surface area (Å²) in [4.78, 5) is 15.1. The van der Waals surface area contributed by atoms with Crippen LogP contribution in [0, 0.1) is 10.1 Å². The van der Waals surface area contributed by atoms with Gasteiger partial charge in [0, 0.05) is 36.2 Å². The zero-order valence-electron chi connectivity index (χ0n) is 11.9. The van der Waals surface area contributed by atoms with Gasteiger partial charge in [-0.2, -0.15) is 0 Å². The maximum atomic E-state index is 10.9. The third kappa shape index (κ3) is 3.30. The molecule has 0 saturated carbocycles. The fraction of sp³-hybridized carbons (Fsp3) is 0.571. The smallest absolute Gasteiger partial charge is 0.269 e. The van der Waals surface area contributed by atoms with Crippen molar-refractivity contribution in [3.05, 3.63) is 33.9 Å². The Bertz CT molecular complexity index is 487. The highest BCUT2D eigenvalue weighted by Gasteiger charge is 2.23. The van der Waals surface area contributed by atoms with Gasteiger partial charge < -0.3 is 9.80 Å². The van der Waals surface area contributed by atoms with Gasteiger partial charge in [-0.3, -0.25) is 10.1 Å². The highest BCUT2D eigenvalue weighted by molar-refractivity contribution is 9.08. The van der Waals surface area contributed by atoms with Gasteiger partial charge in [-0.1, -0.05) is 15.9 Å². The van der Waals surface area contributed by atoms with Crippen LogP contribution in [0.25, 0.3) is 0 Å². The molecule has 1 aliphatic rings. The Balaban J connectivity index is 2.20. The SMILES string of the molecule is CN1CCC(N(C)c2ccc([N+](=O)[O-])cc2CBr)CC1. The summed E-state index contributed by atoms with van der Waals surface area (Å²) >= 11 is 3.44. The van der Waals surface area contributed by atoms with Crippen molar-refractivity contribution >= 4 is 27.3 Å². The van der Waals surface area contributed by atoms with Crippen molar-refractivity contribution in [2.24, 2.45) is 0 Å². The number of non-ortho nitro benzene ring substituents is 1. The number of alkyl halides is 1. The number of likely N-dealkylation sites (tertiary alicyclic amines) is 1. The number of nitrogens with zero attached hydrogens (tertiary/aromatic N) is 3. The molecule has 1 aromatic rings. The molecule has 0 bridgehead atoms. The van der Waals surface area contributed by atoms with Gasteiger partial charge in [0.15, 0.2) is 0 Å². The summed E-state index contributed by atoms with van der Waals surface area (Å²) in [5.41, 5.74) is 2.21. The molecule has 0 radical (unpaired) electrons. The monoisotopic (exact) mass is 341 g/mol. The highest BCUT2D eigenvalue weighted by atomic mass is 79.9. The molecule has 20 heavy (non-hydrogen) atoms. The zero-order chi connectivity index (χ0) is 14.7. The minimum Gasteiger partial charge on any atom is -0.371 e. The molecule has 0 unspecified atom stereocenters. The van der Waals surface area contributed by atoms with E-state index in [4.69, 9.17) is 0 Å². The van der Waals surface area contributed by atoms with Crippen LogP contribution in [0.1, 0.15) is 18.4 Å². The van der Waals surface area contributed by atoms with Crippen LogP contribution in [0.4, 0.5) is 11.4 Å². The first-order valence-corrected chi connectivity index (χ1v) is 7.89. The summed E-state index contributed by atoms with van der Waals surface area (Å²) in [7, 11) is 4.23. The lowest BCUT2D eigenvalue weighted by molar-refractivity contribution is -0.384. The molecular weight excluding hydrogens is 322 g/mol. The predicted octanol–water partition coefficient (Wildman–Crippen LogP) is 3.02. The Hall–Kier alpha value is -1.14. The molecular formula is C14H20BrN3O2. The highest BCUT2D eigenvalue weighted by Crippen LogP contribution is 2.30. The molecule has 0 aliphatic carbocycles. The summed E-state index contributed by atoms with van der Waals surface area (Å²) in [5.74, 6) is 0. The number of rotatable bonds is 4. The molecule has 1 aromatic carbocycles. The molecule has 2 rings (SSSR count). The predicted molar refractivity (Wildman–Crippen MR) is 84.6 cm³/mol. The van der Waals surface area contributed by atoms with E-state index < -0.39 is 0 Å². The van der Waals surface area contributed by atoms with E-state index in [-0.39, 0.29) is 10.6 Å². The number of nitro groups is 1. The van der Waals surface area contributed by atoms with E-state index >= 15 is 0 Å². The molecule has 1 aliphatic heterocycles. The Morgan fingerprint density at radius 2 is 2.10 bits per heavy atom. The molecule has 1 saturated heterocycles. The molecule has 0 aromatic heterocycles. The Morgan fingerprint density at radius 1 is 1.45 bits per heavy atom. The van der Waals surface area contributed by atoms with E-state index in [1.54, 1.807) is 12.1 Å². The van der Waals surface area contributed by atoms with Crippen molar-refractivity contribution in [1.29, 1.82) is 0 Å². The minimum absolute atomic E-state index is 0.153. The molecule has 1 heterocycles. The first-order valence-electron chi connectivity index (χ1n) is 6.77. The number of anilines is 1. The molecule has 0 spiro atoms. The lowest BCUT2D eigenvalue weighted by Gasteiger charge is -2.37. The first kappa shape index (κ1) is 15.3. The topological polar surface area (TPSA) is 49.6 Å². The first-order chi connectivity index (χ1) is 9.52. The van der Waals surface area contributed by atoms with E-state index in [0.29, 0.717) is 11.4 Å². The van der Waals surface area contributed by atoms with Crippen molar-refractivity contribution in [2.75, 3.05) is 32.1 Å². The van der Waals surface area contributed by atoms with Crippen LogP contribution in [0.5, 0.6) is 0 Å². The van der Waals surface area contributed by atoms with Gasteiger partial charge in [-0.15, -0.1) is 0 Å². The number of nitro benzene ring substituents is 1. The lowest BCUT2D eigenvalue weighted by atomic mass is 10.0. The lowest BCUT2D eigenvalue weighted by Crippen LogP contribution is -2.42. The van der Waals surface area contributed by atoms with Crippen molar-refractivity contribution in [2.45, 2.75) is 24.2 Å². The van der Waals surface area contributed by atoms with Crippen LogP contribution in [-0.2, 0) is 5.33 Å². The zero-order valence-corrected chi connectivity index (χ0v) is 13.5. The van der Waals surface area contributed by atoms with E-state index in [1.165, 1.54) is 0 Å². The van der Waals surface area contributed by atoms with Crippen molar-refractivity contribution in [3.8, 4) is 0 Å². The quantitative estimate of drug-likeness (QED) is 0.479. The fourth-order valence-electron chi connectivity index (χ4n) is 2.72. The van der Waals surface area contributed by atoms with Gasteiger partial charge in [0.25, 0.3) is 5.69 Å². The summed E-state index contributed by atoms with van der Waals surface area (Å²) in [5, 5.41) is 11.5. The van der Waals surface area contributed by atoms with Crippen LogP contribution < -0.4 is 4.90 Å². The Morgan fingerprint density at radius 3 is 2.65 bits per heavy atom. The fourth-order valence-corrected chi connectivity index (χ4v) is 3.16. The van der Waals surface area contributed by atoms with E-state index in [1.807, 2.05) is 6.07 Å². The maximum Gasteiger partial charge on any atom is 0.269 e. The maximum absolute atomic E-state index is 10.9. The van der Waals surface area contributed by atoms with Crippen LogP contribution in [0.15, 0.2) is 18.2 Å². The number of hydrogen-bond acceptors (Lipinski definition) is 4. The van der Waals surface area contributed by atoms with Gasteiger partial charge in [-0.05, 0) is 44.6 Å². The second kappa shape index (κ2) is 6.54.